The Bertz CT molecular complexity index is 8120. The molecule has 0 atom stereocenters. The van der Waals surface area contributed by atoms with Gasteiger partial charge in [0.25, 0.3) is 0 Å². The van der Waals surface area contributed by atoms with Gasteiger partial charge in [0.05, 0.1) is 11.4 Å². The minimum absolute atomic E-state index is 0.277. The third-order valence-corrected chi connectivity index (χ3v) is 29.4. The highest BCUT2D eigenvalue weighted by atomic mass is 32.1. The van der Waals surface area contributed by atoms with E-state index in [-0.39, 0.29) is 10.8 Å². The fourth-order valence-electron chi connectivity index (χ4n) is 20.5. The zero-order valence-corrected chi connectivity index (χ0v) is 71.9. The van der Waals surface area contributed by atoms with Gasteiger partial charge in [0.1, 0.15) is 0 Å². The summed E-state index contributed by atoms with van der Waals surface area (Å²) < 4.78 is 5.11. The van der Waals surface area contributed by atoms with Crippen LogP contribution < -0.4 is 9.80 Å². The van der Waals surface area contributed by atoms with E-state index >= 15 is 0 Å². The van der Waals surface area contributed by atoms with Crippen molar-refractivity contribution in [2.24, 2.45) is 0 Å². The summed E-state index contributed by atoms with van der Waals surface area (Å²) in [6.45, 7) is 9.65. The first-order valence-electron chi connectivity index (χ1n) is 43.7. The fourth-order valence-corrected chi connectivity index (χ4v) is 22.8. The summed E-state index contributed by atoms with van der Waals surface area (Å²) in [5, 5.41) is 10.1. The van der Waals surface area contributed by atoms with Crippen molar-refractivity contribution in [3.63, 3.8) is 0 Å². The number of rotatable bonds is 15. The van der Waals surface area contributed by atoms with Crippen LogP contribution in [0.25, 0.3) is 184 Å². The summed E-state index contributed by atoms with van der Waals surface area (Å²) in [5.74, 6) is 0. The monoisotopic (exact) mass is 1640 g/mol. The number of anilines is 6. The molecule has 20 aromatic carbocycles. The Morgan fingerprint density at radius 1 is 0.167 bits per heavy atom. The zero-order valence-electron chi connectivity index (χ0n) is 70.3. The molecule has 2 aliphatic carbocycles. The molecule has 0 amide bonds. The predicted octanol–water partition coefficient (Wildman–Crippen LogP) is 35.3. The molecule has 22 aromatic rings. The molecule has 4 heteroatoms. The van der Waals surface area contributed by atoms with Crippen LogP contribution in [0.3, 0.4) is 0 Å². The van der Waals surface area contributed by atoms with E-state index < -0.39 is 0 Å². The van der Waals surface area contributed by atoms with Crippen LogP contribution in [-0.4, -0.2) is 0 Å². The van der Waals surface area contributed by atoms with Crippen LogP contribution in [0.2, 0.25) is 0 Å². The fraction of sp³-hybridized carbons (Fsp3) is 0.0492. The topological polar surface area (TPSA) is 6.48 Å². The van der Waals surface area contributed by atoms with Crippen molar-refractivity contribution in [2.45, 2.75) is 38.5 Å². The van der Waals surface area contributed by atoms with E-state index in [9.17, 15) is 0 Å². The minimum Gasteiger partial charge on any atom is -0.310 e. The second-order valence-corrected chi connectivity index (χ2v) is 37.2. The summed E-state index contributed by atoms with van der Waals surface area (Å²) in [6.07, 6.45) is 0. The molecule has 2 aromatic heterocycles. The largest absolute Gasteiger partial charge is 0.310 e. The molecule has 2 aliphatic rings. The lowest BCUT2D eigenvalue weighted by molar-refractivity contribution is 0.660. The second kappa shape index (κ2) is 29.9. The smallest absolute Gasteiger partial charge is 0.0540 e. The Labute approximate surface area is 742 Å². The number of para-hydroxylation sites is 1. The van der Waals surface area contributed by atoms with E-state index in [1.165, 1.54) is 168 Å². The number of nitrogens with zero attached hydrogens (tertiary/aromatic N) is 2. The molecule has 0 spiro atoms. The Kier molecular flexibility index (Phi) is 17.7. The quantitative estimate of drug-likeness (QED) is 0.101. The van der Waals surface area contributed by atoms with Crippen LogP contribution in [0.15, 0.2) is 437 Å². The van der Waals surface area contributed by atoms with Crippen LogP contribution in [0.5, 0.6) is 0 Å². The number of benzene rings is 20. The average molecular weight is 1640 g/mol. The lowest BCUT2D eigenvalue weighted by atomic mass is 9.81. The van der Waals surface area contributed by atoms with Crippen molar-refractivity contribution in [1.82, 2.24) is 0 Å². The molecule has 0 radical (unpaired) electrons. The van der Waals surface area contributed by atoms with Gasteiger partial charge < -0.3 is 9.80 Å². The van der Waals surface area contributed by atoms with Gasteiger partial charge in [0.15, 0.2) is 0 Å². The molecule has 24 rings (SSSR count). The van der Waals surface area contributed by atoms with Crippen LogP contribution in [-0.2, 0) is 10.8 Å². The van der Waals surface area contributed by atoms with Crippen LogP contribution >= 0.6 is 22.7 Å². The summed E-state index contributed by atoms with van der Waals surface area (Å²) >= 11 is 3.74. The van der Waals surface area contributed by atoms with Gasteiger partial charge in [0.2, 0.25) is 0 Å². The first-order valence-corrected chi connectivity index (χ1v) is 45.3. The number of thiophene rings is 2. The molecule has 126 heavy (non-hydrogen) atoms. The predicted molar refractivity (Wildman–Crippen MR) is 541 cm³/mol. The van der Waals surface area contributed by atoms with Crippen molar-refractivity contribution < 1.29 is 0 Å². The van der Waals surface area contributed by atoms with Crippen molar-refractivity contribution in [1.29, 1.82) is 0 Å². The highest BCUT2D eigenvalue weighted by Crippen LogP contribution is 2.57. The summed E-state index contributed by atoms with van der Waals surface area (Å²) in [5.41, 5.74) is 37.8. The Hall–Kier alpha value is -15.0. The van der Waals surface area contributed by atoms with Gasteiger partial charge in [-0.15, -0.1) is 22.7 Å². The van der Waals surface area contributed by atoms with Crippen LogP contribution in [0.4, 0.5) is 34.1 Å². The minimum atomic E-state index is -0.314. The van der Waals surface area contributed by atoms with Gasteiger partial charge in [-0.25, -0.2) is 0 Å². The van der Waals surface area contributed by atoms with Gasteiger partial charge >= 0.3 is 0 Å². The van der Waals surface area contributed by atoms with Crippen LogP contribution in [0.1, 0.15) is 49.9 Å². The molecule has 0 unspecified atom stereocenters. The zero-order chi connectivity index (χ0) is 83.9. The first-order chi connectivity index (χ1) is 61.9. The molecule has 0 saturated carbocycles. The maximum atomic E-state index is 2.53. The second-order valence-electron chi connectivity index (χ2n) is 35.0. The maximum Gasteiger partial charge on any atom is 0.0540 e. The average Bonchev–Trinajstić information content (AvgIpc) is 1.56. The Balaban J connectivity index is 0.600. The van der Waals surface area contributed by atoms with Gasteiger partial charge in [-0.2, -0.15) is 0 Å². The van der Waals surface area contributed by atoms with Crippen molar-refractivity contribution in [2.75, 3.05) is 9.80 Å². The van der Waals surface area contributed by atoms with Crippen molar-refractivity contribution in [3.8, 4) is 122 Å². The molecule has 0 aliphatic heterocycles. The number of fused-ring (bicyclic) bond motifs is 14. The molecule has 0 saturated heterocycles. The molecular formula is C122H84N2S2. The molecule has 2 nitrogen and oxygen atoms in total. The van der Waals surface area contributed by atoms with Gasteiger partial charge in [-0.05, 0) is 270 Å². The van der Waals surface area contributed by atoms with E-state index in [0.717, 1.165) is 73.1 Å². The number of hydrogen-bond donors (Lipinski definition) is 0. The van der Waals surface area contributed by atoms with E-state index in [2.05, 4.69) is 474 Å². The van der Waals surface area contributed by atoms with E-state index in [0.29, 0.717) is 0 Å². The summed E-state index contributed by atoms with van der Waals surface area (Å²) in [6, 6.07) is 164. The highest BCUT2D eigenvalue weighted by Gasteiger charge is 2.39. The van der Waals surface area contributed by atoms with E-state index in [1.54, 1.807) is 0 Å². The Morgan fingerprint density at radius 2 is 0.508 bits per heavy atom. The normalized spacial score (nSPS) is 12.9. The van der Waals surface area contributed by atoms with Crippen LogP contribution in [0, 0.1) is 0 Å². The lowest BCUT2D eigenvalue weighted by Gasteiger charge is -2.30. The van der Waals surface area contributed by atoms with Gasteiger partial charge in [0, 0.05) is 85.1 Å². The molecular weight excluding hydrogens is 1560 g/mol. The molecule has 0 N–H and O–H groups in total. The molecule has 0 fully saturated rings. The third kappa shape index (κ3) is 12.6. The van der Waals surface area contributed by atoms with Gasteiger partial charge in [-0.1, -0.05) is 349 Å². The van der Waals surface area contributed by atoms with Gasteiger partial charge in [-0.3, -0.25) is 0 Å². The first kappa shape index (κ1) is 74.8. The maximum absolute atomic E-state index is 2.53. The van der Waals surface area contributed by atoms with Crippen molar-refractivity contribution >= 4 is 119 Å². The lowest BCUT2D eigenvalue weighted by Crippen LogP contribution is -2.17. The summed E-state index contributed by atoms with van der Waals surface area (Å²) in [4.78, 5) is 5.02. The highest BCUT2D eigenvalue weighted by molar-refractivity contribution is 7.26. The van der Waals surface area contributed by atoms with Crippen molar-refractivity contribution in [3.05, 3.63) is 459 Å². The summed E-state index contributed by atoms with van der Waals surface area (Å²) in [7, 11) is 0. The van der Waals surface area contributed by atoms with E-state index in [4.69, 9.17) is 0 Å². The molecule has 2 heterocycles. The SMILES string of the molecule is CC1(C)c2cc(-c3cccc4ccccc34)ccc2-c2ccc(N(c3ccc(-c4ccc5sc6cc(-c7ccc(N(c8cccc(-c9ccc%10sc%11ccccc%11c%10c9)c8)c8ccc9c(c8)C(C)(C)c8cc(-c%10cccc%11ccccc%10%11)ccc8-9)c(-c8ccc(-c9ccccc9)cc8)c7)ccc6c5c4)cc3)c3ccccc3-c3ccc(-c4ccccc4)cc3)cc21. The standard InChI is InChI=1S/C122H84N2S2/c1-121(2)111-72-91(99-36-20-28-82-26-11-13-32-97(82)99)51-60-102(111)104-63-58-95(75-113(104)121)123(115-38-17-15-34-101(115)84-44-40-79(41-45-84)77-22-7-5-8-23-77)93-56-48-81(49-57-93)87-54-66-119-110(70-87)107-62-50-90(74-120(107)126-119)88-53-65-116(108(69-88)85-46-42-80(43-47-85)78-24-9-6-10-25-78)124(94-31-19-30-86(68-94)89-55-67-118-109(71-89)106-35-16-18-39-117(106)125-118)96-59-64-105-103-61-52-92(73-112(103)122(3,4)114(105)76-96)100-37-21-29-83-27-12-14-33-98(83)100/h5-76H,1-4H3. The third-order valence-electron chi connectivity index (χ3n) is 27.1. The Morgan fingerprint density at radius 3 is 1.10 bits per heavy atom. The molecule has 594 valence electrons. The van der Waals surface area contributed by atoms with E-state index in [1.807, 2.05) is 22.7 Å². The molecule has 0 bridgehead atoms. The number of hydrogen-bond acceptors (Lipinski definition) is 4.